The van der Waals surface area contributed by atoms with Crippen LogP contribution in [0.15, 0.2) is 6.07 Å². The second kappa shape index (κ2) is 4.59. The van der Waals surface area contributed by atoms with E-state index >= 15 is 0 Å². The molecule has 6 heteroatoms. The van der Waals surface area contributed by atoms with E-state index in [1.165, 1.54) is 20.1 Å². The van der Waals surface area contributed by atoms with Crippen molar-refractivity contribution in [1.82, 2.24) is 0 Å². The van der Waals surface area contributed by atoms with Crippen LogP contribution in [-0.2, 0) is 4.79 Å². The van der Waals surface area contributed by atoms with Gasteiger partial charge in [-0.1, -0.05) is 11.6 Å². The molecule has 0 aliphatic heterocycles. The Kier molecular flexibility index (Phi) is 3.62. The van der Waals surface area contributed by atoms with Crippen LogP contribution in [0.25, 0.3) is 0 Å². The predicted molar refractivity (Wildman–Crippen MR) is 57.0 cm³/mol. The number of benzene rings is 1. The summed E-state index contributed by atoms with van der Waals surface area (Å²) >= 11 is 5.82. The average molecular weight is 247 g/mol. The maximum absolute atomic E-state index is 10.6. The molecule has 0 radical (unpaired) electrons. The summed E-state index contributed by atoms with van der Waals surface area (Å²) in [4.78, 5) is 10.6. The quantitative estimate of drug-likeness (QED) is 0.752. The molecule has 0 fully saturated rings. The monoisotopic (exact) mass is 246 g/mol. The molecular weight excluding hydrogens is 236 g/mol. The van der Waals surface area contributed by atoms with Crippen LogP contribution in [-0.4, -0.2) is 28.4 Å². The minimum atomic E-state index is -1.82. The van der Waals surface area contributed by atoms with E-state index in [1.54, 1.807) is 0 Å². The standard InChI is InChI=1S/C10H11ClO5/c1-4-7(12)5(8(13)10(14)15)3-6(11)9(4)16-2/h3,8,12-13H,1-2H3,(H,14,15). The Balaban J connectivity index is 3.39. The van der Waals surface area contributed by atoms with Gasteiger partial charge in [-0.25, -0.2) is 4.79 Å². The third-order valence-electron chi connectivity index (χ3n) is 2.20. The molecule has 0 amide bonds. The molecule has 1 unspecified atom stereocenters. The molecule has 88 valence electrons. The number of aliphatic carboxylic acids is 1. The molecular formula is C10H11ClO5. The van der Waals surface area contributed by atoms with Crippen LogP contribution >= 0.6 is 11.6 Å². The maximum Gasteiger partial charge on any atom is 0.337 e. The van der Waals surface area contributed by atoms with Gasteiger partial charge in [-0.05, 0) is 13.0 Å². The minimum Gasteiger partial charge on any atom is -0.507 e. The van der Waals surface area contributed by atoms with Gasteiger partial charge in [-0.2, -0.15) is 0 Å². The maximum atomic E-state index is 10.6. The van der Waals surface area contributed by atoms with E-state index in [-0.39, 0.29) is 27.6 Å². The lowest BCUT2D eigenvalue weighted by atomic mass is 10.0. The lowest BCUT2D eigenvalue weighted by Crippen LogP contribution is -2.11. The molecule has 0 saturated heterocycles. The van der Waals surface area contributed by atoms with E-state index in [9.17, 15) is 15.0 Å². The molecule has 0 aliphatic carbocycles. The zero-order valence-electron chi connectivity index (χ0n) is 8.69. The molecule has 0 saturated carbocycles. The smallest absolute Gasteiger partial charge is 0.337 e. The molecule has 0 aliphatic rings. The molecule has 16 heavy (non-hydrogen) atoms. The average Bonchev–Trinajstić information content (AvgIpc) is 2.23. The van der Waals surface area contributed by atoms with Gasteiger partial charge < -0.3 is 20.1 Å². The number of aliphatic hydroxyl groups excluding tert-OH is 1. The number of hydrogen-bond donors (Lipinski definition) is 3. The fraction of sp³-hybridized carbons (Fsp3) is 0.300. The summed E-state index contributed by atoms with van der Waals surface area (Å²) < 4.78 is 4.93. The van der Waals surface area contributed by atoms with E-state index in [2.05, 4.69) is 0 Å². The second-order valence-electron chi connectivity index (χ2n) is 3.20. The second-order valence-corrected chi connectivity index (χ2v) is 3.60. The van der Waals surface area contributed by atoms with Crippen molar-refractivity contribution in [2.75, 3.05) is 7.11 Å². The Bertz CT molecular complexity index is 430. The van der Waals surface area contributed by atoms with Gasteiger partial charge in [0.25, 0.3) is 0 Å². The predicted octanol–water partition coefficient (Wildman–Crippen LogP) is 1.48. The number of aliphatic hydroxyl groups is 1. The van der Waals surface area contributed by atoms with Crippen LogP contribution in [0.1, 0.15) is 17.2 Å². The fourth-order valence-corrected chi connectivity index (χ4v) is 1.70. The number of carbonyl (C=O) groups is 1. The number of hydrogen-bond acceptors (Lipinski definition) is 4. The van der Waals surface area contributed by atoms with Crippen LogP contribution in [0.5, 0.6) is 11.5 Å². The number of phenolic OH excluding ortho intramolecular Hbond substituents is 1. The first-order valence-corrected chi connectivity index (χ1v) is 4.74. The molecule has 0 bridgehead atoms. The van der Waals surface area contributed by atoms with Gasteiger partial charge in [0.1, 0.15) is 11.5 Å². The van der Waals surface area contributed by atoms with Crippen molar-refractivity contribution < 1.29 is 24.9 Å². The van der Waals surface area contributed by atoms with Gasteiger partial charge in [0.15, 0.2) is 6.10 Å². The SMILES string of the molecule is COc1c(Cl)cc(C(O)C(=O)O)c(O)c1C. The lowest BCUT2D eigenvalue weighted by Gasteiger charge is -2.14. The van der Waals surface area contributed by atoms with Crippen LogP contribution in [0.4, 0.5) is 0 Å². The number of halogens is 1. The number of ether oxygens (including phenoxy) is 1. The minimum absolute atomic E-state index is 0.133. The lowest BCUT2D eigenvalue weighted by molar-refractivity contribution is -0.147. The number of carboxylic acids is 1. The summed E-state index contributed by atoms with van der Waals surface area (Å²) in [5, 5.41) is 27.8. The van der Waals surface area contributed by atoms with Crippen LogP contribution < -0.4 is 4.74 Å². The summed E-state index contributed by atoms with van der Waals surface area (Å²) in [5.41, 5.74) is 0.126. The van der Waals surface area contributed by atoms with Gasteiger partial charge in [0, 0.05) is 11.1 Å². The van der Waals surface area contributed by atoms with Crippen molar-refractivity contribution in [3.8, 4) is 11.5 Å². The molecule has 1 rings (SSSR count). The van der Waals surface area contributed by atoms with Crippen molar-refractivity contribution in [3.63, 3.8) is 0 Å². The van der Waals surface area contributed by atoms with Gasteiger partial charge in [-0.15, -0.1) is 0 Å². The summed E-state index contributed by atoms with van der Waals surface area (Å²) in [7, 11) is 1.38. The highest BCUT2D eigenvalue weighted by molar-refractivity contribution is 6.32. The van der Waals surface area contributed by atoms with Crippen molar-refractivity contribution in [3.05, 3.63) is 22.2 Å². The fourth-order valence-electron chi connectivity index (χ4n) is 1.37. The summed E-state index contributed by atoms with van der Waals surface area (Å²) in [6.07, 6.45) is -1.82. The molecule has 0 spiro atoms. The van der Waals surface area contributed by atoms with Crippen molar-refractivity contribution >= 4 is 17.6 Å². The number of phenols is 1. The Hall–Kier alpha value is -1.46. The van der Waals surface area contributed by atoms with Crippen molar-refractivity contribution in [2.45, 2.75) is 13.0 Å². The Labute approximate surface area is 96.9 Å². The summed E-state index contributed by atoms with van der Waals surface area (Å²) in [6.45, 7) is 1.51. The summed E-state index contributed by atoms with van der Waals surface area (Å²) in [6, 6.07) is 1.17. The number of methoxy groups -OCH3 is 1. The van der Waals surface area contributed by atoms with Crippen LogP contribution in [0.2, 0.25) is 5.02 Å². The zero-order chi connectivity index (χ0) is 12.5. The highest BCUT2D eigenvalue weighted by Crippen LogP contribution is 2.39. The molecule has 5 nitrogen and oxygen atoms in total. The van der Waals surface area contributed by atoms with Crippen LogP contribution in [0, 0.1) is 6.92 Å². The Morgan fingerprint density at radius 2 is 2.12 bits per heavy atom. The zero-order valence-corrected chi connectivity index (χ0v) is 9.45. The molecule has 0 heterocycles. The van der Waals surface area contributed by atoms with E-state index in [1.807, 2.05) is 0 Å². The Morgan fingerprint density at radius 3 is 2.56 bits per heavy atom. The van der Waals surface area contributed by atoms with Gasteiger partial charge >= 0.3 is 5.97 Å². The third kappa shape index (κ3) is 2.05. The first-order chi connectivity index (χ1) is 7.40. The van der Waals surface area contributed by atoms with Gasteiger partial charge in [0.2, 0.25) is 0 Å². The van der Waals surface area contributed by atoms with Crippen LogP contribution in [0.3, 0.4) is 0 Å². The highest BCUT2D eigenvalue weighted by atomic mass is 35.5. The summed E-state index contributed by atoms with van der Waals surface area (Å²) in [5.74, 6) is -1.55. The molecule has 0 aromatic heterocycles. The van der Waals surface area contributed by atoms with E-state index in [4.69, 9.17) is 21.4 Å². The molecule has 3 N–H and O–H groups in total. The van der Waals surface area contributed by atoms with E-state index < -0.39 is 12.1 Å². The normalized spacial score (nSPS) is 12.2. The largest absolute Gasteiger partial charge is 0.507 e. The van der Waals surface area contributed by atoms with Crippen molar-refractivity contribution in [1.29, 1.82) is 0 Å². The van der Waals surface area contributed by atoms with Gasteiger partial charge in [-0.3, -0.25) is 0 Å². The highest BCUT2D eigenvalue weighted by Gasteiger charge is 2.24. The molecule has 1 aromatic carbocycles. The van der Waals surface area contributed by atoms with E-state index in [0.29, 0.717) is 0 Å². The molecule has 1 aromatic rings. The first kappa shape index (κ1) is 12.6. The number of rotatable bonds is 3. The first-order valence-electron chi connectivity index (χ1n) is 4.37. The van der Waals surface area contributed by atoms with E-state index in [0.717, 1.165) is 0 Å². The number of aromatic hydroxyl groups is 1. The topological polar surface area (TPSA) is 87.0 Å². The number of carboxylic acid groups (broad SMARTS) is 1. The van der Waals surface area contributed by atoms with Crippen molar-refractivity contribution in [2.24, 2.45) is 0 Å². The van der Waals surface area contributed by atoms with Gasteiger partial charge in [0.05, 0.1) is 12.1 Å². The third-order valence-corrected chi connectivity index (χ3v) is 2.48. The Morgan fingerprint density at radius 1 is 1.56 bits per heavy atom. The molecule has 1 atom stereocenters.